The molecule has 0 saturated heterocycles. The van der Waals surface area contributed by atoms with Gasteiger partial charge in [0.25, 0.3) is 0 Å². The van der Waals surface area contributed by atoms with Gasteiger partial charge in [0, 0.05) is 38.2 Å². The zero-order valence-corrected chi connectivity index (χ0v) is 13.3. The summed E-state index contributed by atoms with van der Waals surface area (Å²) < 4.78 is 25.1. The lowest BCUT2D eigenvalue weighted by molar-refractivity contribution is 0.398. The molecule has 0 fully saturated rings. The normalized spacial score (nSPS) is 14.6. The molecule has 19 heavy (non-hydrogen) atoms. The van der Waals surface area contributed by atoms with Crippen molar-refractivity contribution in [2.24, 2.45) is 7.05 Å². The molecule has 1 heterocycles. The van der Waals surface area contributed by atoms with Crippen LogP contribution in [0.1, 0.15) is 33.0 Å². The fraction of sp³-hybridized carbons (Fsp3) is 0.769. The summed E-state index contributed by atoms with van der Waals surface area (Å²) in [6.07, 6.45) is 6.48. The third-order valence-electron chi connectivity index (χ3n) is 3.74. The summed E-state index contributed by atoms with van der Waals surface area (Å²) in [6.45, 7) is 6.42. The molecule has 1 N–H and O–H groups in total. The van der Waals surface area contributed by atoms with Gasteiger partial charge in [-0.15, -0.1) is 0 Å². The summed E-state index contributed by atoms with van der Waals surface area (Å²) in [5.41, 5.74) is 0. The van der Waals surface area contributed by atoms with E-state index in [-0.39, 0.29) is 6.04 Å². The van der Waals surface area contributed by atoms with Gasteiger partial charge in [-0.05, 0) is 26.8 Å². The number of aromatic nitrogens is 2. The average molecular weight is 287 g/mol. The fourth-order valence-electron chi connectivity index (χ4n) is 1.92. The first kappa shape index (κ1) is 16.2. The monoisotopic (exact) mass is 287 g/mol. The summed E-state index contributed by atoms with van der Waals surface area (Å²) in [7, 11) is -1.22. The van der Waals surface area contributed by atoms with E-state index in [1.807, 2.05) is 17.8 Å². The van der Waals surface area contributed by atoms with E-state index in [4.69, 9.17) is 0 Å². The Bertz CT molecular complexity index is 506. The second kappa shape index (κ2) is 6.05. The van der Waals surface area contributed by atoms with Gasteiger partial charge in [0.2, 0.25) is 0 Å². The molecule has 0 bridgehead atoms. The maximum Gasteiger partial charge on any atom is 0.154 e. The van der Waals surface area contributed by atoms with Gasteiger partial charge in [-0.3, -0.25) is 0 Å². The fourth-order valence-corrected chi connectivity index (χ4v) is 2.60. The van der Waals surface area contributed by atoms with Crippen molar-refractivity contribution in [1.29, 1.82) is 0 Å². The first-order valence-corrected chi connectivity index (χ1v) is 8.48. The zero-order valence-electron chi connectivity index (χ0n) is 12.5. The second-order valence-electron chi connectivity index (χ2n) is 5.54. The highest BCUT2D eigenvalue weighted by Crippen LogP contribution is 2.22. The van der Waals surface area contributed by atoms with Crippen LogP contribution in [0.5, 0.6) is 0 Å². The van der Waals surface area contributed by atoms with Crippen molar-refractivity contribution in [3.8, 4) is 0 Å². The Morgan fingerprint density at radius 3 is 2.53 bits per heavy atom. The Kier molecular flexibility index (Phi) is 5.15. The minimum absolute atomic E-state index is 0.149. The van der Waals surface area contributed by atoms with E-state index in [1.165, 1.54) is 6.26 Å². The van der Waals surface area contributed by atoms with Crippen LogP contribution < -0.4 is 5.32 Å². The predicted octanol–water partition coefficient (Wildman–Crippen LogP) is 1.15. The molecule has 0 aliphatic rings. The summed E-state index contributed by atoms with van der Waals surface area (Å²) in [6, 6.07) is -0.149. The van der Waals surface area contributed by atoms with E-state index in [9.17, 15) is 8.42 Å². The van der Waals surface area contributed by atoms with Crippen molar-refractivity contribution in [1.82, 2.24) is 14.9 Å². The van der Waals surface area contributed by atoms with Gasteiger partial charge in [-0.1, -0.05) is 6.92 Å². The van der Waals surface area contributed by atoms with E-state index in [1.54, 1.807) is 20.0 Å². The smallest absolute Gasteiger partial charge is 0.154 e. The average Bonchev–Trinajstić information content (AvgIpc) is 2.68. The van der Waals surface area contributed by atoms with Crippen LogP contribution in [0.3, 0.4) is 0 Å². The topological polar surface area (TPSA) is 64.0 Å². The Balaban J connectivity index is 2.98. The molecule has 1 atom stereocenters. The summed E-state index contributed by atoms with van der Waals surface area (Å²) in [5.74, 6) is 0.894. The largest absolute Gasteiger partial charge is 0.338 e. The molecule has 110 valence electrons. The van der Waals surface area contributed by atoms with Gasteiger partial charge in [0.05, 0.1) is 4.75 Å². The van der Waals surface area contributed by atoms with E-state index in [0.29, 0.717) is 6.42 Å². The van der Waals surface area contributed by atoms with Crippen LogP contribution in [0.15, 0.2) is 12.4 Å². The quantitative estimate of drug-likeness (QED) is 0.817. The van der Waals surface area contributed by atoms with E-state index >= 15 is 0 Å². The molecule has 5 nitrogen and oxygen atoms in total. The maximum absolute atomic E-state index is 12.0. The molecule has 1 aromatic heterocycles. The van der Waals surface area contributed by atoms with Crippen molar-refractivity contribution in [3.05, 3.63) is 18.2 Å². The number of hydrogen-bond donors (Lipinski definition) is 1. The van der Waals surface area contributed by atoms with Gasteiger partial charge >= 0.3 is 0 Å². The van der Waals surface area contributed by atoms with E-state index in [2.05, 4.69) is 17.2 Å². The Labute approximate surface area is 116 Å². The molecule has 1 rings (SSSR count). The minimum Gasteiger partial charge on any atom is -0.338 e. The molecule has 0 radical (unpaired) electrons. The molecule has 0 saturated carbocycles. The van der Waals surface area contributed by atoms with Crippen molar-refractivity contribution in [2.45, 2.75) is 44.4 Å². The molecule has 6 heteroatoms. The lowest BCUT2D eigenvalue weighted by Gasteiger charge is -2.33. The first-order valence-electron chi connectivity index (χ1n) is 6.59. The van der Waals surface area contributed by atoms with Gasteiger partial charge in [-0.25, -0.2) is 13.4 Å². The highest BCUT2D eigenvalue weighted by atomic mass is 32.2. The van der Waals surface area contributed by atoms with Gasteiger partial charge in [0.1, 0.15) is 5.82 Å². The lowest BCUT2D eigenvalue weighted by atomic mass is 9.99. The van der Waals surface area contributed by atoms with Crippen molar-refractivity contribution in [2.75, 3.05) is 12.8 Å². The van der Waals surface area contributed by atoms with Crippen LogP contribution in [0.2, 0.25) is 0 Å². The van der Waals surface area contributed by atoms with Crippen molar-refractivity contribution in [3.63, 3.8) is 0 Å². The van der Waals surface area contributed by atoms with Crippen LogP contribution >= 0.6 is 0 Å². The SMILES string of the molecule is CCCNC(Cc1nccn1C)C(C)(C)S(C)(=O)=O. The third kappa shape index (κ3) is 3.79. The summed E-state index contributed by atoms with van der Waals surface area (Å²) >= 11 is 0. The highest BCUT2D eigenvalue weighted by molar-refractivity contribution is 7.92. The van der Waals surface area contributed by atoms with Crippen molar-refractivity contribution < 1.29 is 8.42 Å². The number of sulfone groups is 1. The number of rotatable bonds is 7. The van der Waals surface area contributed by atoms with Crippen LogP contribution in [0.4, 0.5) is 0 Å². The molecule has 1 aromatic rings. The van der Waals surface area contributed by atoms with Gasteiger partial charge in [0.15, 0.2) is 9.84 Å². The first-order chi connectivity index (χ1) is 8.70. The highest BCUT2D eigenvalue weighted by Gasteiger charge is 2.39. The number of nitrogens with one attached hydrogen (secondary N) is 1. The van der Waals surface area contributed by atoms with Crippen LogP contribution in [-0.4, -0.2) is 41.6 Å². The second-order valence-corrected chi connectivity index (χ2v) is 8.14. The maximum atomic E-state index is 12.0. The number of imidazole rings is 1. The van der Waals surface area contributed by atoms with Crippen molar-refractivity contribution >= 4 is 9.84 Å². The van der Waals surface area contributed by atoms with Gasteiger partial charge < -0.3 is 9.88 Å². The predicted molar refractivity (Wildman–Crippen MR) is 77.9 cm³/mol. The van der Waals surface area contributed by atoms with Gasteiger partial charge in [-0.2, -0.15) is 0 Å². The Morgan fingerprint density at radius 2 is 2.11 bits per heavy atom. The molecule has 0 aliphatic carbocycles. The Morgan fingerprint density at radius 1 is 1.47 bits per heavy atom. The van der Waals surface area contributed by atoms with Crippen LogP contribution in [-0.2, 0) is 23.3 Å². The van der Waals surface area contributed by atoms with E-state index < -0.39 is 14.6 Å². The molecular formula is C13H25N3O2S. The third-order valence-corrected chi connectivity index (χ3v) is 5.94. The summed E-state index contributed by atoms with van der Waals surface area (Å²) in [5, 5.41) is 3.35. The number of aryl methyl sites for hydroxylation is 1. The standard InChI is InChI=1S/C13H25N3O2S/c1-6-7-14-11(13(2,3)19(5,17)18)10-12-15-8-9-16(12)4/h8-9,11,14H,6-7,10H2,1-5H3. The molecule has 0 spiro atoms. The minimum atomic E-state index is -3.15. The zero-order chi connectivity index (χ0) is 14.7. The molecular weight excluding hydrogens is 262 g/mol. The lowest BCUT2D eigenvalue weighted by Crippen LogP contribution is -2.53. The van der Waals surface area contributed by atoms with Crippen LogP contribution in [0.25, 0.3) is 0 Å². The Hall–Kier alpha value is -0.880. The molecule has 1 unspecified atom stereocenters. The van der Waals surface area contributed by atoms with Crippen LogP contribution in [0, 0.1) is 0 Å². The van der Waals surface area contributed by atoms with E-state index in [0.717, 1.165) is 18.8 Å². The number of nitrogens with zero attached hydrogens (tertiary/aromatic N) is 2. The molecule has 0 amide bonds. The molecule has 0 aliphatic heterocycles. The summed E-state index contributed by atoms with van der Waals surface area (Å²) in [4.78, 5) is 4.29. The molecule has 0 aromatic carbocycles. The number of hydrogen-bond acceptors (Lipinski definition) is 4.